The summed E-state index contributed by atoms with van der Waals surface area (Å²) in [7, 11) is 1.69. The van der Waals surface area contributed by atoms with Crippen molar-refractivity contribution in [3.8, 4) is 17.0 Å². The van der Waals surface area contributed by atoms with Crippen molar-refractivity contribution >= 4 is 33.6 Å². The van der Waals surface area contributed by atoms with Crippen LogP contribution in [0.4, 0.5) is 5.69 Å². The zero-order chi connectivity index (χ0) is 16.4. The van der Waals surface area contributed by atoms with Crippen LogP contribution >= 0.6 is 17.0 Å². The first-order valence-electron chi connectivity index (χ1n) is 8.64. The lowest BCUT2D eigenvalue weighted by Gasteiger charge is -2.30. The number of hydrogen-bond acceptors (Lipinski definition) is 3. The van der Waals surface area contributed by atoms with Gasteiger partial charge in [-0.1, -0.05) is 18.2 Å². The van der Waals surface area contributed by atoms with Gasteiger partial charge in [0.25, 0.3) is 0 Å². The maximum absolute atomic E-state index is 5.27. The van der Waals surface area contributed by atoms with Crippen molar-refractivity contribution < 1.29 is 4.74 Å². The molecule has 4 rings (SSSR count). The third-order valence-corrected chi connectivity index (χ3v) is 4.78. The smallest absolute Gasteiger partial charge is 0.118 e. The minimum Gasteiger partial charge on any atom is -0.497 e. The summed E-state index contributed by atoms with van der Waals surface area (Å²) in [5.74, 6) is 0.871. The zero-order valence-corrected chi connectivity index (χ0v) is 16.2. The molecule has 1 saturated heterocycles. The fourth-order valence-corrected chi connectivity index (χ4v) is 3.46. The van der Waals surface area contributed by atoms with Crippen LogP contribution in [0.1, 0.15) is 19.3 Å². The Morgan fingerprint density at radius 1 is 0.920 bits per heavy atom. The maximum atomic E-state index is 5.27. The van der Waals surface area contributed by atoms with Gasteiger partial charge in [0, 0.05) is 29.7 Å². The number of anilines is 1. The monoisotopic (exact) mass is 398 g/mol. The van der Waals surface area contributed by atoms with Crippen LogP contribution < -0.4 is 9.64 Å². The molecule has 3 nitrogen and oxygen atoms in total. The standard InChI is InChI=1S/C21H22N2O.BrH/c1-24-17-11-9-16(10-12-17)20-15-21(23-13-5-2-6-14-23)18-7-3-4-8-19(18)22-20;/h3-4,7-12,15H,2,5-6,13-14H2,1H3;1H. The molecule has 2 heterocycles. The molecule has 0 spiro atoms. The van der Waals surface area contributed by atoms with Crippen LogP contribution in [0.3, 0.4) is 0 Å². The van der Waals surface area contributed by atoms with E-state index in [1.54, 1.807) is 7.11 Å². The molecule has 0 atom stereocenters. The van der Waals surface area contributed by atoms with E-state index in [9.17, 15) is 0 Å². The van der Waals surface area contributed by atoms with Gasteiger partial charge in [-0.2, -0.15) is 0 Å². The van der Waals surface area contributed by atoms with Crippen LogP contribution in [0.15, 0.2) is 54.6 Å². The number of aromatic nitrogens is 1. The number of rotatable bonds is 3. The minimum absolute atomic E-state index is 0. The fraction of sp³-hybridized carbons (Fsp3) is 0.286. The molecule has 1 aliphatic rings. The molecule has 0 N–H and O–H groups in total. The molecule has 4 heteroatoms. The molecule has 3 aromatic rings. The van der Waals surface area contributed by atoms with E-state index in [2.05, 4.69) is 47.4 Å². The number of piperidine rings is 1. The van der Waals surface area contributed by atoms with Crippen molar-refractivity contribution in [2.75, 3.05) is 25.1 Å². The van der Waals surface area contributed by atoms with Gasteiger partial charge in [-0.3, -0.25) is 0 Å². The van der Waals surface area contributed by atoms with Gasteiger partial charge < -0.3 is 9.64 Å². The normalized spacial score (nSPS) is 14.2. The van der Waals surface area contributed by atoms with Crippen molar-refractivity contribution in [2.24, 2.45) is 0 Å². The average Bonchev–Trinajstić information content (AvgIpc) is 2.68. The number of halogens is 1. The van der Waals surface area contributed by atoms with E-state index >= 15 is 0 Å². The number of hydrogen-bond donors (Lipinski definition) is 0. The largest absolute Gasteiger partial charge is 0.497 e. The Morgan fingerprint density at radius 2 is 1.64 bits per heavy atom. The summed E-state index contributed by atoms with van der Waals surface area (Å²) < 4.78 is 5.27. The summed E-state index contributed by atoms with van der Waals surface area (Å²) in [4.78, 5) is 7.40. The summed E-state index contributed by atoms with van der Waals surface area (Å²) in [6, 6.07) is 18.8. The van der Waals surface area contributed by atoms with Crippen molar-refractivity contribution in [2.45, 2.75) is 19.3 Å². The molecule has 1 aromatic heterocycles. The summed E-state index contributed by atoms with van der Waals surface area (Å²) >= 11 is 0. The maximum Gasteiger partial charge on any atom is 0.118 e. The number of fused-ring (bicyclic) bond motifs is 1. The predicted octanol–water partition coefficient (Wildman–Crippen LogP) is 5.48. The van der Waals surface area contributed by atoms with E-state index in [1.165, 1.54) is 30.3 Å². The number of nitrogens with zero attached hydrogens (tertiary/aromatic N) is 2. The highest BCUT2D eigenvalue weighted by Gasteiger charge is 2.16. The highest BCUT2D eigenvalue weighted by Crippen LogP contribution is 2.32. The van der Waals surface area contributed by atoms with Gasteiger partial charge in [0.05, 0.1) is 18.3 Å². The summed E-state index contributed by atoms with van der Waals surface area (Å²) in [5, 5.41) is 1.25. The SMILES string of the molecule is Br.COc1ccc(-c2cc(N3CCCCC3)c3ccccc3n2)cc1. The number of benzene rings is 2. The number of ether oxygens (including phenoxy) is 1. The van der Waals surface area contributed by atoms with Gasteiger partial charge in [0.15, 0.2) is 0 Å². The second-order valence-corrected chi connectivity index (χ2v) is 6.32. The van der Waals surface area contributed by atoms with Gasteiger partial charge in [0.2, 0.25) is 0 Å². The Labute approximate surface area is 159 Å². The summed E-state index contributed by atoms with van der Waals surface area (Å²) in [6.07, 6.45) is 3.88. The molecule has 130 valence electrons. The third kappa shape index (κ3) is 3.64. The first-order chi connectivity index (χ1) is 11.8. The van der Waals surface area contributed by atoms with Crippen molar-refractivity contribution in [3.05, 3.63) is 54.6 Å². The summed E-state index contributed by atoms with van der Waals surface area (Å²) in [5.41, 5.74) is 4.52. The lowest BCUT2D eigenvalue weighted by atomic mass is 10.0. The van der Waals surface area contributed by atoms with Crippen LogP contribution in [-0.2, 0) is 0 Å². The molecule has 0 saturated carbocycles. The van der Waals surface area contributed by atoms with Crippen molar-refractivity contribution in [1.82, 2.24) is 4.98 Å². The number of para-hydroxylation sites is 1. The highest BCUT2D eigenvalue weighted by molar-refractivity contribution is 8.93. The first kappa shape index (κ1) is 17.7. The van der Waals surface area contributed by atoms with Gasteiger partial charge in [-0.05, 0) is 55.7 Å². The lowest BCUT2D eigenvalue weighted by molar-refractivity contribution is 0.415. The molecule has 0 radical (unpaired) electrons. The van der Waals surface area contributed by atoms with Gasteiger partial charge in [-0.15, -0.1) is 17.0 Å². The second kappa shape index (κ2) is 7.87. The molecule has 25 heavy (non-hydrogen) atoms. The van der Waals surface area contributed by atoms with E-state index in [0.29, 0.717) is 0 Å². The molecule has 0 aliphatic carbocycles. The van der Waals surface area contributed by atoms with Crippen LogP contribution in [-0.4, -0.2) is 25.2 Å². The molecular formula is C21H23BrN2O. The first-order valence-corrected chi connectivity index (χ1v) is 8.64. The summed E-state index contributed by atoms with van der Waals surface area (Å²) in [6.45, 7) is 2.27. The quantitative estimate of drug-likeness (QED) is 0.583. The molecule has 1 fully saturated rings. The van der Waals surface area contributed by atoms with Crippen molar-refractivity contribution in [3.63, 3.8) is 0 Å². The number of pyridine rings is 1. The molecule has 1 aliphatic heterocycles. The van der Waals surface area contributed by atoms with E-state index in [-0.39, 0.29) is 17.0 Å². The van der Waals surface area contributed by atoms with Gasteiger partial charge in [0.1, 0.15) is 5.75 Å². The molecular weight excluding hydrogens is 376 g/mol. The minimum atomic E-state index is 0. The van der Waals surface area contributed by atoms with E-state index in [0.717, 1.165) is 35.6 Å². The van der Waals surface area contributed by atoms with Crippen LogP contribution in [0.2, 0.25) is 0 Å². The molecule has 0 amide bonds. The van der Waals surface area contributed by atoms with Gasteiger partial charge >= 0.3 is 0 Å². The average molecular weight is 399 g/mol. The zero-order valence-electron chi connectivity index (χ0n) is 14.4. The molecule has 0 bridgehead atoms. The Kier molecular flexibility index (Phi) is 5.59. The number of methoxy groups -OCH3 is 1. The van der Waals surface area contributed by atoms with E-state index in [1.807, 2.05) is 12.1 Å². The lowest BCUT2D eigenvalue weighted by Crippen LogP contribution is -2.29. The Hall–Kier alpha value is -2.07. The Bertz CT molecular complexity index is 842. The van der Waals surface area contributed by atoms with Gasteiger partial charge in [-0.25, -0.2) is 4.98 Å². The topological polar surface area (TPSA) is 25.4 Å². The third-order valence-electron chi connectivity index (χ3n) is 4.78. The van der Waals surface area contributed by atoms with Crippen LogP contribution in [0, 0.1) is 0 Å². The van der Waals surface area contributed by atoms with Crippen LogP contribution in [0.5, 0.6) is 5.75 Å². The Balaban J connectivity index is 0.00000182. The van der Waals surface area contributed by atoms with E-state index in [4.69, 9.17) is 9.72 Å². The van der Waals surface area contributed by atoms with Crippen molar-refractivity contribution in [1.29, 1.82) is 0 Å². The fourth-order valence-electron chi connectivity index (χ4n) is 3.46. The van der Waals surface area contributed by atoms with Crippen LogP contribution in [0.25, 0.3) is 22.2 Å². The predicted molar refractivity (Wildman–Crippen MR) is 110 cm³/mol. The second-order valence-electron chi connectivity index (χ2n) is 6.32. The highest BCUT2D eigenvalue weighted by atomic mass is 79.9. The Morgan fingerprint density at radius 3 is 2.36 bits per heavy atom. The molecule has 0 unspecified atom stereocenters. The van der Waals surface area contributed by atoms with E-state index < -0.39 is 0 Å². The molecule has 2 aromatic carbocycles.